The quantitative estimate of drug-likeness (QED) is 0.945. The smallest absolute Gasteiger partial charge is 0.255 e. The second-order valence-electron chi connectivity index (χ2n) is 4.74. The molecule has 1 amide bonds. The van der Waals surface area contributed by atoms with Gasteiger partial charge in [-0.2, -0.15) is 0 Å². The maximum Gasteiger partial charge on any atom is 0.255 e. The minimum absolute atomic E-state index is 0.139. The largest absolute Gasteiger partial charge is 0.382 e. The molecular weight excluding hydrogens is 274 g/mol. The van der Waals surface area contributed by atoms with Gasteiger partial charge in [0.25, 0.3) is 5.91 Å². The van der Waals surface area contributed by atoms with Gasteiger partial charge in [0.1, 0.15) is 5.82 Å². The molecule has 0 bridgehead atoms. The van der Waals surface area contributed by atoms with Crippen LogP contribution in [0.4, 0.5) is 5.82 Å². The van der Waals surface area contributed by atoms with Crippen LogP contribution < -0.4 is 5.73 Å². The van der Waals surface area contributed by atoms with E-state index < -0.39 is 0 Å². The van der Waals surface area contributed by atoms with Gasteiger partial charge in [-0.05, 0) is 18.6 Å². The first-order valence-corrected chi connectivity index (χ1v) is 6.57. The molecule has 5 heteroatoms. The lowest BCUT2D eigenvalue weighted by Gasteiger charge is -2.17. The minimum Gasteiger partial charge on any atom is -0.382 e. The van der Waals surface area contributed by atoms with Crippen LogP contribution in [-0.4, -0.2) is 22.8 Å². The molecular formula is C15H16ClN3O. The second-order valence-corrected chi connectivity index (χ2v) is 5.15. The predicted molar refractivity (Wildman–Crippen MR) is 80.6 cm³/mol. The van der Waals surface area contributed by atoms with Crippen molar-refractivity contribution in [3.05, 3.63) is 58.2 Å². The van der Waals surface area contributed by atoms with E-state index in [1.807, 2.05) is 31.2 Å². The fourth-order valence-electron chi connectivity index (χ4n) is 1.82. The number of halogens is 1. The molecule has 2 N–H and O–H groups in total. The molecule has 1 aromatic heterocycles. The predicted octanol–water partition coefficient (Wildman–Crippen LogP) is 2.90. The van der Waals surface area contributed by atoms with Crippen LogP contribution in [0.1, 0.15) is 21.5 Å². The Bertz CT molecular complexity index is 626. The van der Waals surface area contributed by atoms with Gasteiger partial charge >= 0.3 is 0 Å². The zero-order chi connectivity index (χ0) is 14.7. The molecule has 20 heavy (non-hydrogen) atoms. The number of pyridine rings is 1. The van der Waals surface area contributed by atoms with Crippen molar-refractivity contribution >= 4 is 23.3 Å². The van der Waals surface area contributed by atoms with E-state index in [-0.39, 0.29) is 11.7 Å². The molecule has 2 rings (SSSR count). The highest BCUT2D eigenvalue weighted by Gasteiger charge is 2.13. The summed E-state index contributed by atoms with van der Waals surface area (Å²) < 4.78 is 0. The molecule has 0 unspecified atom stereocenters. The third-order valence-electron chi connectivity index (χ3n) is 3.00. The number of benzene rings is 1. The van der Waals surface area contributed by atoms with Crippen LogP contribution in [0, 0.1) is 6.92 Å². The summed E-state index contributed by atoms with van der Waals surface area (Å²) >= 11 is 5.88. The summed E-state index contributed by atoms with van der Waals surface area (Å²) in [5, 5.41) is 0.291. The maximum absolute atomic E-state index is 12.3. The number of aryl methyl sites for hydroxylation is 1. The lowest BCUT2D eigenvalue weighted by molar-refractivity contribution is 0.0784. The molecule has 0 saturated carbocycles. The van der Waals surface area contributed by atoms with E-state index in [1.54, 1.807) is 11.9 Å². The highest BCUT2D eigenvalue weighted by molar-refractivity contribution is 6.33. The van der Waals surface area contributed by atoms with E-state index in [2.05, 4.69) is 4.98 Å². The molecule has 0 saturated heterocycles. The van der Waals surface area contributed by atoms with Crippen molar-refractivity contribution in [1.82, 2.24) is 9.88 Å². The van der Waals surface area contributed by atoms with E-state index in [0.717, 1.165) is 5.56 Å². The number of aromatic nitrogens is 1. The Morgan fingerprint density at radius 1 is 1.35 bits per heavy atom. The molecule has 4 nitrogen and oxygen atoms in total. The molecule has 0 aliphatic heterocycles. The number of carbonyl (C=O) groups is 1. The summed E-state index contributed by atoms with van der Waals surface area (Å²) in [5.74, 6) is 0.0874. The number of nitrogen functional groups attached to an aromatic ring is 1. The van der Waals surface area contributed by atoms with Crippen molar-refractivity contribution in [2.24, 2.45) is 0 Å². The molecule has 0 aliphatic rings. The van der Waals surface area contributed by atoms with Crippen LogP contribution >= 0.6 is 11.6 Å². The van der Waals surface area contributed by atoms with E-state index in [1.165, 1.54) is 17.8 Å². The molecule has 0 spiro atoms. The summed E-state index contributed by atoms with van der Waals surface area (Å²) in [6.07, 6.45) is 1.44. The van der Waals surface area contributed by atoms with Gasteiger partial charge in [0.05, 0.1) is 10.6 Å². The highest BCUT2D eigenvalue weighted by Crippen LogP contribution is 2.18. The van der Waals surface area contributed by atoms with Gasteiger partial charge in [0, 0.05) is 19.8 Å². The Hall–Kier alpha value is -2.07. The van der Waals surface area contributed by atoms with Gasteiger partial charge in [0.15, 0.2) is 0 Å². The number of carbonyl (C=O) groups excluding carboxylic acids is 1. The topological polar surface area (TPSA) is 59.2 Å². The molecule has 0 atom stereocenters. The van der Waals surface area contributed by atoms with Crippen molar-refractivity contribution in [3.63, 3.8) is 0 Å². The first-order chi connectivity index (χ1) is 9.47. The van der Waals surface area contributed by atoms with Crippen LogP contribution in [-0.2, 0) is 6.54 Å². The van der Waals surface area contributed by atoms with Gasteiger partial charge in [-0.15, -0.1) is 0 Å². The number of amides is 1. The summed E-state index contributed by atoms with van der Waals surface area (Å²) in [6.45, 7) is 2.56. The summed E-state index contributed by atoms with van der Waals surface area (Å²) in [6, 6.07) is 9.60. The average Bonchev–Trinajstić information content (AvgIpc) is 2.43. The zero-order valence-electron chi connectivity index (χ0n) is 11.4. The van der Waals surface area contributed by atoms with E-state index >= 15 is 0 Å². The molecule has 0 fully saturated rings. The van der Waals surface area contributed by atoms with Crippen LogP contribution in [0.5, 0.6) is 0 Å². The zero-order valence-corrected chi connectivity index (χ0v) is 12.2. The monoisotopic (exact) mass is 289 g/mol. The second kappa shape index (κ2) is 5.92. The van der Waals surface area contributed by atoms with Crippen LogP contribution in [0.25, 0.3) is 0 Å². The van der Waals surface area contributed by atoms with E-state index in [0.29, 0.717) is 17.1 Å². The highest BCUT2D eigenvalue weighted by atomic mass is 35.5. The summed E-state index contributed by atoms with van der Waals surface area (Å²) in [4.78, 5) is 17.8. The standard InChI is InChI=1S/C15H16ClN3O/c1-10-3-5-11(6-4-10)9-19(2)15(20)12-7-13(16)14(17)18-8-12/h3-8H,9H2,1-2H3,(H2,17,18). The lowest BCUT2D eigenvalue weighted by atomic mass is 10.1. The van der Waals surface area contributed by atoms with Crippen LogP contribution in [0.3, 0.4) is 0 Å². The number of rotatable bonds is 3. The van der Waals surface area contributed by atoms with Gasteiger partial charge < -0.3 is 10.6 Å². The molecule has 2 aromatic rings. The summed E-state index contributed by atoms with van der Waals surface area (Å²) in [5.41, 5.74) is 8.23. The van der Waals surface area contributed by atoms with Crippen molar-refractivity contribution in [1.29, 1.82) is 0 Å². The van der Waals surface area contributed by atoms with Crippen LogP contribution in [0.15, 0.2) is 36.5 Å². The molecule has 104 valence electrons. The molecule has 0 radical (unpaired) electrons. The van der Waals surface area contributed by atoms with E-state index in [4.69, 9.17) is 17.3 Å². The van der Waals surface area contributed by atoms with Gasteiger partial charge in [-0.3, -0.25) is 4.79 Å². The third kappa shape index (κ3) is 3.27. The number of nitrogens with two attached hydrogens (primary N) is 1. The normalized spacial score (nSPS) is 10.3. The van der Waals surface area contributed by atoms with Gasteiger partial charge in [-0.25, -0.2) is 4.98 Å². The molecule has 0 aliphatic carbocycles. The minimum atomic E-state index is -0.139. The molecule has 1 aromatic carbocycles. The average molecular weight is 290 g/mol. The fourth-order valence-corrected chi connectivity index (χ4v) is 1.99. The van der Waals surface area contributed by atoms with Crippen molar-refractivity contribution < 1.29 is 4.79 Å². The Labute approximate surface area is 123 Å². The van der Waals surface area contributed by atoms with Gasteiger partial charge in [0.2, 0.25) is 0 Å². The van der Waals surface area contributed by atoms with Gasteiger partial charge in [-0.1, -0.05) is 41.4 Å². The first kappa shape index (κ1) is 14.3. The number of anilines is 1. The third-order valence-corrected chi connectivity index (χ3v) is 3.31. The Morgan fingerprint density at radius 3 is 2.60 bits per heavy atom. The Balaban J connectivity index is 2.11. The maximum atomic E-state index is 12.3. The number of nitrogens with zero attached hydrogens (tertiary/aromatic N) is 2. The Kier molecular flexibility index (Phi) is 4.25. The van der Waals surface area contributed by atoms with Crippen molar-refractivity contribution in [2.75, 3.05) is 12.8 Å². The Morgan fingerprint density at radius 2 is 2.00 bits per heavy atom. The number of hydrogen-bond donors (Lipinski definition) is 1. The number of hydrogen-bond acceptors (Lipinski definition) is 3. The SMILES string of the molecule is Cc1ccc(CN(C)C(=O)c2cnc(N)c(Cl)c2)cc1. The lowest BCUT2D eigenvalue weighted by Crippen LogP contribution is -2.26. The summed E-state index contributed by atoms with van der Waals surface area (Å²) in [7, 11) is 1.74. The molecule has 1 heterocycles. The first-order valence-electron chi connectivity index (χ1n) is 6.19. The van der Waals surface area contributed by atoms with Crippen LogP contribution in [0.2, 0.25) is 5.02 Å². The van der Waals surface area contributed by atoms with Crippen molar-refractivity contribution in [3.8, 4) is 0 Å². The fraction of sp³-hybridized carbons (Fsp3) is 0.200. The van der Waals surface area contributed by atoms with Crippen molar-refractivity contribution in [2.45, 2.75) is 13.5 Å². The van der Waals surface area contributed by atoms with E-state index in [9.17, 15) is 4.79 Å².